The number of nitrogens with zero attached hydrogens (tertiary/aromatic N) is 1. The lowest BCUT2D eigenvalue weighted by Crippen LogP contribution is -2.51. The largest absolute Gasteiger partial charge is 0.461 e. The van der Waals surface area contributed by atoms with Gasteiger partial charge in [-0.05, 0) is 47.1 Å². The van der Waals surface area contributed by atoms with Crippen molar-refractivity contribution < 1.29 is 23.9 Å². The average Bonchev–Trinajstić information content (AvgIpc) is 2.88. The number of methoxy groups -OCH3 is 1. The van der Waals surface area contributed by atoms with Crippen molar-refractivity contribution in [3.05, 3.63) is 22.5 Å². The standard InChI is InChI=1S/C19H31N3O5/c1-8-27-18(24)16-12(4)15(13(5)21-16)17(23)14(6)22(9-10-26-7)19(25)20-11(2)3/h11,14,21H,8-10H2,1-7H3,(H,20,25). The Morgan fingerprint density at radius 1 is 1.19 bits per heavy atom. The fraction of sp³-hybridized carbons (Fsp3) is 0.632. The number of hydrogen-bond donors (Lipinski definition) is 2. The maximum Gasteiger partial charge on any atom is 0.355 e. The monoisotopic (exact) mass is 381 g/mol. The summed E-state index contributed by atoms with van der Waals surface area (Å²) in [5.74, 6) is -0.745. The van der Waals surface area contributed by atoms with E-state index < -0.39 is 12.0 Å². The summed E-state index contributed by atoms with van der Waals surface area (Å²) in [6, 6.07) is -1.11. The van der Waals surface area contributed by atoms with Gasteiger partial charge >= 0.3 is 12.0 Å². The molecule has 0 radical (unpaired) electrons. The SMILES string of the molecule is CCOC(=O)c1[nH]c(C)c(C(=O)C(C)N(CCOC)C(=O)NC(C)C)c1C. The molecular weight excluding hydrogens is 350 g/mol. The molecule has 0 spiro atoms. The highest BCUT2D eigenvalue weighted by atomic mass is 16.5. The van der Waals surface area contributed by atoms with Gasteiger partial charge in [-0.1, -0.05) is 0 Å². The van der Waals surface area contributed by atoms with Gasteiger partial charge in [-0.15, -0.1) is 0 Å². The number of aromatic nitrogens is 1. The lowest BCUT2D eigenvalue weighted by molar-refractivity contribution is 0.0519. The number of aryl methyl sites for hydroxylation is 1. The molecule has 1 aromatic heterocycles. The number of carbonyl (C=O) groups is 3. The van der Waals surface area contributed by atoms with Crippen molar-refractivity contribution in [1.82, 2.24) is 15.2 Å². The van der Waals surface area contributed by atoms with E-state index in [0.717, 1.165) is 0 Å². The van der Waals surface area contributed by atoms with E-state index in [1.54, 1.807) is 27.7 Å². The van der Waals surface area contributed by atoms with Crippen LogP contribution in [0.1, 0.15) is 59.8 Å². The molecule has 0 saturated heterocycles. The molecule has 1 unspecified atom stereocenters. The lowest BCUT2D eigenvalue weighted by atomic mass is 10.00. The first-order valence-electron chi connectivity index (χ1n) is 9.12. The number of ether oxygens (including phenoxy) is 2. The summed E-state index contributed by atoms with van der Waals surface area (Å²) < 4.78 is 10.1. The van der Waals surface area contributed by atoms with E-state index in [2.05, 4.69) is 10.3 Å². The van der Waals surface area contributed by atoms with E-state index in [4.69, 9.17) is 9.47 Å². The van der Waals surface area contributed by atoms with Crippen LogP contribution in [-0.2, 0) is 9.47 Å². The summed E-state index contributed by atoms with van der Waals surface area (Å²) in [4.78, 5) is 42.1. The van der Waals surface area contributed by atoms with Gasteiger partial charge in [0.05, 0.1) is 19.3 Å². The summed E-state index contributed by atoms with van der Waals surface area (Å²) in [6.45, 7) is 11.3. The smallest absolute Gasteiger partial charge is 0.355 e. The van der Waals surface area contributed by atoms with Gasteiger partial charge in [0, 0.05) is 31.0 Å². The van der Waals surface area contributed by atoms with Crippen LogP contribution in [0.15, 0.2) is 0 Å². The fourth-order valence-electron chi connectivity index (χ4n) is 2.87. The van der Waals surface area contributed by atoms with Crippen LogP contribution in [-0.4, -0.2) is 66.6 Å². The van der Waals surface area contributed by atoms with E-state index in [0.29, 0.717) is 23.4 Å². The normalized spacial score (nSPS) is 12.0. The maximum absolute atomic E-state index is 13.1. The molecule has 1 atom stereocenters. The van der Waals surface area contributed by atoms with Gasteiger partial charge in [0.25, 0.3) is 0 Å². The molecule has 0 aliphatic rings. The number of hydrogen-bond acceptors (Lipinski definition) is 5. The number of nitrogens with one attached hydrogen (secondary N) is 2. The minimum Gasteiger partial charge on any atom is -0.461 e. The molecule has 0 saturated carbocycles. The third-order valence-electron chi connectivity index (χ3n) is 4.22. The average molecular weight is 381 g/mol. The Bertz CT molecular complexity index is 681. The molecule has 0 aromatic carbocycles. The van der Waals surface area contributed by atoms with Crippen LogP contribution in [0.2, 0.25) is 0 Å². The van der Waals surface area contributed by atoms with Crippen molar-refractivity contribution in [2.24, 2.45) is 0 Å². The van der Waals surface area contributed by atoms with E-state index in [1.165, 1.54) is 12.0 Å². The second-order valence-electron chi connectivity index (χ2n) is 6.68. The summed E-state index contributed by atoms with van der Waals surface area (Å²) in [5.41, 5.74) is 1.77. The van der Waals surface area contributed by atoms with Crippen LogP contribution >= 0.6 is 0 Å². The second kappa shape index (κ2) is 10.1. The second-order valence-corrected chi connectivity index (χ2v) is 6.68. The van der Waals surface area contributed by atoms with Gasteiger partial charge in [-0.3, -0.25) is 4.79 Å². The van der Waals surface area contributed by atoms with E-state index in [-0.39, 0.29) is 36.7 Å². The van der Waals surface area contributed by atoms with E-state index in [9.17, 15) is 14.4 Å². The first kappa shape index (κ1) is 22.7. The highest BCUT2D eigenvalue weighted by Gasteiger charge is 2.31. The number of ketones is 1. The third-order valence-corrected chi connectivity index (χ3v) is 4.22. The quantitative estimate of drug-likeness (QED) is 0.505. The van der Waals surface area contributed by atoms with Crippen molar-refractivity contribution in [2.75, 3.05) is 26.9 Å². The first-order valence-corrected chi connectivity index (χ1v) is 9.12. The highest BCUT2D eigenvalue weighted by molar-refractivity contribution is 6.06. The minimum absolute atomic E-state index is 0.0593. The Morgan fingerprint density at radius 3 is 2.33 bits per heavy atom. The van der Waals surface area contributed by atoms with E-state index >= 15 is 0 Å². The Kier molecular flexibility index (Phi) is 8.49. The van der Waals surface area contributed by atoms with Crippen LogP contribution in [0.5, 0.6) is 0 Å². The molecule has 1 rings (SSSR count). The topological polar surface area (TPSA) is 101 Å². The van der Waals surface area contributed by atoms with Crippen molar-refractivity contribution in [3.8, 4) is 0 Å². The summed E-state index contributed by atoms with van der Waals surface area (Å²) in [7, 11) is 1.54. The Hall–Kier alpha value is -2.35. The first-order chi connectivity index (χ1) is 12.6. The zero-order valence-corrected chi connectivity index (χ0v) is 17.3. The van der Waals surface area contributed by atoms with Crippen molar-refractivity contribution in [2.45, 2.75) is 53.6 Å². The molecule has 1 heterocycles. The number of H-pyrrole nitrogens is 1. The third kappa shape index (κ3) is 5.56. The number of Topliss-reactive ketones (excluding diaryl/α,β-unsaturated/α-hetero) is 1. The molecule has 152 valence electrons. The van der Waals surface area contributed by atoms with Crippen LogP contribution < -0.4 is 5.32 Å². The number of aromatic amines is 1. The molecule has 2 amide bonds. The number of esters is 1. The lowest BCUT2D eigenvalue weighted by Gasteiger charge is -2.29. The maximum atomic E-state index is 13.1. The predicted octanol–water partition coefficient (Wildman–Crippen LogP) is 2.45. The molecule has 0 bridgehead atoms. The number of rotatable bonds is 9. The molecule has 8 nitrogen and oxygen atoms in total. The molecular formula is C19H31N3O5. The van der Waals surface area contributed by atoms with E-state index in [1.807, 2.05) is 13.8 Å². The van der Waals surface area contributed by atoms with Crippen molar-refractivity contribution >= 4 is 17.8 Å². The zero-order chi connectivity index (χ0) is 20.7. The summed E-state index contributed by atoms with van der Waals surface area (Å²) in [5, 5.41) is 2.81. The molecule has 0 aliphatic heterocycles. The van der Waals surface area contributed by atoms with Gasteiger partial charge in [0.1, 0.15) is 5.69 Å². The Balaban J connectivity index is 3.16. The number of carbonyl (C=O) groups excluding carboxylic acids is 3. The molecule has 1 aromatic rings. The van der Waals surface area contributed by atoms with Crippen LogP contribution in [0.4, 0.5) is 4.79 Å². The highest BCUT2D eigenvalue weighted by Crippen LogP contribution is 2.22. The van der Waals surface area contributed by atoms with Gasteiger partial charge < -0.3 is 24.7 Å². The Morgan fingerprint density at radius 2 is 1.81 bits per heavy atom. The summed E-state index contributed by atoms with van der Waals surface area (Å²) in [6.07, 6.45) is 0. The van der Waals surface area contributed by atoms with Crippen LogP contribution in [0.3, 0.4) is 0 Å². The molecule has 0 aliphatic carbocycles. The number of urea groups is 1. The zero-order valence-electron chi connectivity index (χ0n) is 17.3. The number of amides is 2. The van der Waals surface area contributed by atoms with Crippen LogP contribution in [0.25, 0.3) is 0 Å². The predicted molar refractivity (Wildman–Crippen MR) is 102 cm³/mol. The minimum atomic E-state index is -0.720. The molecule has 2 N–H and O–H groups in total. The van der Waals surface area contributed by atoms with Gasteiger partial charge in [0.2, 0.25) is 0 Å². The van der Waals surface area contributed by atoms with Crippen molar-refractivity contribution in [1.29, 1.82) is 0 Å². The molecule has 27 heavy (non-hydrogen) atoms. The van der Waals surface area contributed by atoms with Gasteiger partial charge in [0.15, 0.2) is 5.78 Å². The van der Waals surface area contributed by atoms with Crippen molar-refractivity contribution in [3.63, 3.8) is 0 Å². The molecule has 0 fully saturated rings. The van der Waals surface area contributed by atoms with Gasteiger partial charge in [-0.25, -0.2) is 9.59 Å². The van der Waals surface area contributed by atoms with Crippen LogP contribution in [0, 0.1) is 13.8 Å². The Labute approximate surface area is 160 Å². The summed E-state index contributed by atoms with van der Waals surface area (Å²) >= 11 is 0. The molecule has 8 heteroatoms. The van der Waals surface area contributed by atoms with Gasteiger partial charge in [-0.2, -0.15) is 0 Å². The fourth-order valence-corrected chi connectivity index (χ4v) is 2.87.